The molecule has 13 heavy (non-hydrogen) atoms. The highest BCUT2D eigenvalue weighted by Crippen LogP contribution is 2.39. The number of aromatic nitrogens is 1. The van der Waals surface area contributed by atoms with Gasteiger partial charge in [0.1, 0.15) is 0 Å². The Morgan fingerprint density at radius 1 is 1.31 bits per heavy atom. The summed E-state index contributed by atoms with van der Waals surface area (Å²) >= 11 is 0. The minimum absolute atomic E-state index is 0.405. The van der Waals surface area contributed by atoms with E-state index in [1.807, 2.05) is 12.1 Å². The highest BCUT2D eigenvalue weighted by molar-refractivity contribution is 6.07. The molecular weight excluding hydrogens is 164 g/mol. The van der Waals surface area contributed by atoms with Crippen LogP contribution in [0.2, 0.25) is 0 Å². The molecule has 0 saturated heterocycles. The van der Waals surface area contributed by atoms with E-state index in [-0.39, 0.29) is 0 Å². The molecule has 3 nitrogen and oxygen atoms in total. The molecule has 3 heteroatoms. The normalized spacial score (nSPS) is 11.7. The predicted molar refractivity (Wildman–Crippen MR) is 49.3 cm³/mol. The van der Waals surface area contributed by atoms with Crippen LogP contribution in [0.25, 0.3) is 22.2 Å². The zero-order chi connectivity index (χ0) is 9.00. The standard InChI is InChI=1S/C10H6N2O/c11-10(13)5-1-2-6-7-4-9(7)12-8(6)3-5/h1-4H,(H2,11,13). The smallest absolute Gasteiger partial charge is 0.248 e. The summed E-state index contributed by atoms with van der Waals surface area (Å²) in [5, 5.41) is 1.11. The Labute approximate surface area is 74.2 Å². The molecule has 0 spiro atoms. The number of carbonyl (C=O) groups excluding carboxylic acids is 1. The predicted octanol–water partition coefficient (Wildman–Crippen LogP) is 1.31. The summed E-state index contributed by atoms with van der Waals surface area (Å²) in [4.78, 5) is 15.1. The van der Waals surface area contributed by atoms with Crippen molar-refractivity contribution in [3.05, 3.63) is 29.8 Å². The minimum Gasteiger partial charge on any atom is -0.366 e. The topological polar surface area (TPSA) is 56.0 Å². The molecule has 0 atom stereocenters. The molecule has 2 N–H and O–H groups in total. The second-order valence-electron chi connectivity index (χ2n) is 3.15. The van der Waals surface area contributed by atoms with Gasteiger partial charge in [-0.15, -0.1) is 0 Å². The average molecular weight is 170 g/mol. The van der Waals surface area contributed by atoms with Gasteiger partial charge in [-0.1, -0.05) is 6.07 Å². The van der Waals surface area contributed by atoms with E-state index in [4.69, 9.17) is 5.73 Å². The number of pyridine rings is 1. The van der Waals surface area contributed by atoms with E-state index >= 15 is 0 Å². The maximum atomic E-state index is 10.9. The van der Waals surface area contributed by atoms with Crippen LogP contribution in [0, 0.1) is 0 Å². The highest BCUT2D eigenvalue weighted by Gasteiger charge is 2.19. The van der Waals surface area contributed by atoms with E-state index < -0.39 is 5.91 Å². The summed E-state index contributed by atoms with van der Waals surface area (Å²) in [6.45, 7) is 0. The number of carbonyl (C=O) groups is 1. The third-order valence-corrected chi connectivity index (χ3v) is 2.29. The third-order valence-electron chi connectivity index (χ3n) is 2.29. The molecule has 2 aliphatic rings. The highest BCUT2D eigenvalue weighted by atomic mass is 16.1. The summed E-state index contributed by atoms with van der Waals surface area (Å²) in [6.07, 6.45) is 0. The van der Waals surface area contributed by atoms with Gasteiger partial charge in [0.25, 0.3) is 0 Å². The average Bonchev–Trinajstić information content (AvgIpc) is 2.78. The number of primary amides is 1. The summed E-state index contributed by atoms with van der Waals surface area (Å²) in [6, 6.07) is 7.38. The van der Waals surface area contributed by atoms with Crippen molar-refractivity contribution in [2.24, 2.45) is 5.73 Å². The summed E-state index contributed by atoms with van der Waals surface area (Å²) in [5.74, 6) is -0.405. The lowest BCUT2D eigenvalue weighted by Gasteiger charge is -1.94. The van der Waals surface area contributed by atoms with Crippen molar-refractivity contribution < 1.29 is 4.79 Å². The second kappa shape index (κ2) is 1.88. The van der Waals surface area contributed by atoms with Crippen LogP contribution >= 0.6 is 0 Å². The molecule has 0 unspecified atom stereocenters. The van der Waals surface area contributed by atoms with Gasteiger partial charge < -0.3 is 5.73 Å². The molecule has 0 saturated carbocycles. The number of hydrogen-bond acceptors (Lipinski definition) is 2. The molecule has 1 aromatic carbocycles. The SMILES string of the molecule is NC(=O)c1ccc2c3cc-3nc2c1. The fourth-order valence-electron chi connectivity index (χ4n) is 1.54. The first-order valence-corrected chi connectivity index (χ1v) is 4.01. The van der Waals surface area contributed by atoms with Gasteiger partial charge in [0.2, 0.25) is 5.91 Å². The van der Waals surface area contributed by atoms with Crippen LogP contribution in [-0.4, -0.2) is 10.9 Å². The molecule has 1 aromatic rings. The maximum absolute atomic E-state index is 10.9. The van der Waals surface area contributed by atoms with Gasteiger partial charge >= 0.3 is 0 Å². The Bertz CT molecular complexity index is 546. The Hall–Kier alpha value is -1.90. The van der Waals surface area contributed by atoms with Gasteiger partial charge in [-0.2, -0.15) is 0 Å². The van der Waals surface area contributed by atoms with E-state index in [2.05, 4.69) is 4.98 Å². The quantitative estimate of drug-likeness (QED) is 0.598. The number of amides is 1. The first-order valence-electron chi connectivity index (χ1n) is 4.01. The molecular formula is C10H6N2O. The molecule has 1 aliphatic carbocycles. The fraction of sp³-hybridized carbons (Fsp3) is 0. The van der Waals surface area contributed by atoms with Crippen molar-refractivity contribution in [1.82, 2.24) is 4.98 Å². The van der Waals surface area contributed by atoms with Gasteiger partial charge in [0.05, 0.1) is 11.2 Å². The van der Waals surface area contributed by atoms with Crippen LogP contribution < -0.4 is 5.73 Å². The van der Waals surface area contributed by atoms with Crippen LogP contribution in [0.4, 0.5) is 0 Å². The summed E-state index contributed by atoms with van der Waals surface area (Å²) < 4.78 is 0. The Morgan fingerprint density at radius 2 is 2.15 bits per heavy atom. The van der Waals surface area contributed by atoms with Crippen molar-refractivity contribution in [3.8, 4) is 11.3 Å². The number of nitrogens with two attached hydrogens (primary N) is 1. The maximum Gasteiger partial charge on any atom is 0.248 e. The molecule has 3 rings (SSSR count). The van der Waals surface area contributed by atoms with Crippen LogP contribution in [0.5, 0.6) is 0 Å². The van der Waals surface area contributed by atoms with Gasteiger partial charge in [-0.05, 0) is 18.2 Å². The van der Waals surface area contributed by atoms with Gasteiger partial charge in [0.15, 0.2) is 0 Å². The minimum atomic E-state index is -0.405. The van der Waals surface area contributed by atoms with Crippen molar-refractivity contribution in [2.45, 2.75) is 0 Å². The zero-order valence-electron chi connectivity index (χ0n) is 6.74. The largest absolute Gasteiger partial charge is 0.366 e. The van der Waals surface area contributed by atoms with Crippen LogP contribution in [-0.2, 0) is 0 Å². The molecule has 0 radical (unpaired) electrons. The Morgan fingerprint density at radius 3 is 2.92 bits per heavy atom. The second-order valence-corrected chi connectivity index (χ2v) is 3.15. The molecule has 0 bridgehead atoms. The molecule has 0 aromatic heterocycles. The number of fused-ring (bicyclic) bond motifs is 3. The number of nitrogens with zero attached hydrogens (tertiary/aromatic N) is 1. The molecule has 1 aliphatic heterocycles. The van der Waals surface area contributed by atoms with Crippen molar-refractivity contribution in [3.63, 3.8) is 0 Å². The van der Waals surface area contributed by atoms with E-state index in [0.717, 1.165) is 16.6 Å². The van der Waals surface area contributed by atoms with E-state index in [0.29, 0.717) is 5.56 Å². The van der Waals surface area contributed by atoms with Crippen LogP contribution in [0.3, 0.4) is 0 Å². The number of rotatable bonds is 1. The van der Waals surface area contributed by atoms with Gasteiger partial charge in [-0.25, -0.2) is 4.98 Å². The van der Waals surface area contributed by atoms with Crippen molar-refractivity contribution in [2.75, 3.05) is 0 Å². The lowest BCUT2D eigenvalue weighted by Crippen LogP contribution is -2.10. The van der Waals surface area contributed by atoms with E-state index in [9.17, 15) is 4.79 Å². The van der Waals surface area contributed by atoms with Crippen LogP contribution in [0.1, 0.15) is 10.4 Å². The van der Waals surface area contributed by atoms with Crippen molar-refractivity contribution >= 4 is 16.8 Å². The lowest BCUT2D eigenvalue weighted by molar-refractivity contribution is 0.100. The van der Waals surface area contributed by atoms with Gasteiger partial charge in [-0.3, -0.25) is 4.79 Å². The fourth-order valence-corrected chi connectivity index (χ4v) is 1.54. The number of hydrogen-bond donors (Lipinski definition) is 1. The monoisotopic (exact) mass is 170 g/mol. The molecule has 0 fully saturated rings. The Kier molecular flexibility index (Phi) is 0.953. The lowest BCUT2D eigenvalue weighted by atomic mass is 10.1. The van der Waals surface area contributed by atoms with Gasteiger partial charge in [0, 0.05) is 16.5 Å². The number of benzene rings is 1. The third kappa shape index (κ3) is 0.783. The Balaban J connectivity index is 2.32. The summed E-state index contributed by atoms with van der Waals surface area (Å²) in [7, 11) is 0. The first-order chi connectivity index (χ1) is 6.25. The summed E-state index contributed by atoms with van der Waals surface area (Å²) in [5.41, 5.74) is 8.77. The van der Waals surface area contributed by atoms with E-state index in [1.165, 1.54) is 5.56 Å². The van der Waals surface area contributed by atoms with Crippen LogP contribution in [0.15, 0.2) is 24.3 Å². The molecule has 62 valence electrons. The van der Waals surface area contributed by atoms with Crippen molar-refractivity contribution in [1.29, 1.82) is 0 Å². The molecule has 1 heterocycles. The molecule has 1 amide bonds. The zero-order valence-corrected chi connectivity index (χ0v) is 6.74. The van der Waals surface area contributed by atoms with E-state index in [1.54, 1.807) is 12.1 Å². The first kappa shape index (κ1) is 6.60.